The van der Waals surface area contributed by atoms with Gasteiger partial charge in [-0.3, -0.25) is 9.59 Å². The Morgan fingerprint density at radius 3 is 2.78 bits per heavy atom. The van der Waals surface area contributed by atoms with Gasteiger partial charge in [-0.05, 0) is 61.7 Å². The van der Waals surface area contributed by atoms with Crippen molar-refractivity contribution < 1.29 is 29.3 Å². The molecule has 5 rings (SSSR count). The Bertz CT molecular complexity index is 1360. The minimum absolute atomic E-state index is 0.00711. The molecule has 0 saturated carbocycles. The molecular weight excluding hydrogens is 474 g/mol. The number of carbonyl (C=O) groups excluding carboxylic acids is 2. The number of Topliss-reactive ketones (excluding diaryl/α,β-unsaturated/α-hetero) is 1. The van der Waals surface area contributed by atoms with E-state index in [4.69, 9.17) is 9.47 Å². The largest absolute Gasteiger partial charge is 0.507 e. The number of aromatic hydroxyl groups is 1. The maximum Gasteiger partial charge on any atom is 0.295 e. The number of imidazole rings is 1. The van der Waals surface area contributed by atoms with E-state index in [1.54, 1.807) is 49.8 Å². The van der Waals surface area contributed by atoms with Crippen LogP contribution in [0.25, 0.3) is 5.76 Å². The number of aliphatic hydroxyl groups excluding tert-OH is 1. The van der Waals surface area contributed by atoms with Crippen LogP contribution in [0.15, 0.2) is 60.7 Å². The summed E-state index contributed by atoms with van der Waals surface area (Å²) in [4.78, 5) is 32.1. The molecule has 3 heterocycles. The number of rotatable bonds is 8. The molecule has 3 aromatic rings. The van der Waals surface area contributed by atoms with Crippen molar-refractivity contribution in [3.63, 3.8) is 0 Å². The first-order valence-corrected chi connectivity index (χ1v) is 12.4. The Labute approximate surface area is 214 Å². The molecule has 0 bridgehead atoms. The van der Waals surface area contributed by atoms with E-state index in [9.17, 15) is 19.8 Å². The van der Waals surface area contributed by atoms with Crippen LogP contribution in [0.3, 0.4) is 0 Å². The van der Waals surface area contributed by atoms with Crippen LogP contribution in [0.4, 0.5) is 0 Å². The van der Waals surface area contributed by atoms with Gasteiger partial charge in [0.25, 0.3) is 11.7 Å². The minimum atomic E-state index is -0.842. The summed E-state index contributed by atoms with van der Waals surface area (Å²) in [6, 6.07) is 9.16. The summed E-state index contributed by atoms with van der Waals surface area (Å²) in [5.41, 5.74) is 1.95. The van der Waals surface area contributed by atoms with Crippen LogP contribution in [0, 0.1) is 0 Å². The van der Waals surface area contributed by atoms with Crippen molar-refractivity contribution in [2.75, 3.05) is 13.2 Å². The number of ether oxygens (including phenoxy) is 2. The number of hydrogen-bond acceptors (Lipinski definition) is 7. The lowest BCUT2D eigenvalue weighted by Gasteiger charge is -2.26. The zero-order valence-electron chi connectivity index (χ0n) is 20.8. The third-order valence-electron chi connectivity index (χ3n) is 6.68. The number of ketones is 1. The van der Waals surface area contributed by atoms with Crippen molar-refractivity contribution in [3.8, 4) is 17.2 Å². The zero-order valence-corrected chi connectivity index (χ0v) is 20.8. The zero-order chi connectivity index (χ0) is 26.1. The molecule has 2 N–H and O–H groups in total. The number of aromatic nitrogens is 2. The second-order valence-electron chi connectivity index (χ2n) is 9.26. The molecule has 2 aromatic carbocycles. The van der Waals surface area contributed by atoms with E-state index < -0.39 is 17.7 Å². The molecule has 2 aliphatic heterocycles. The molecule has 1 aromatic heterocycles. The lowest BCUT2D eigenvalue weighted by Crippen LogP contribution is -2.31. The SMILES string of the molecule is CCOc1cc([C@@H]2C(=C(O)c3ccc4c(c3)C[C@@H](C)O4)C(=O)C(=O)N2CCCn2ccnc2)ccc1O. The van der Waals surface area contributed by atoms with E-state index in [-0.39, 0.29) is 35.5 Å². The third kappa shape index (κ3) is 4.64. The first-order chi connectivity index (χ1) is 17.9. The smallest absolute Gasteiger partial charge is 0.295 e. The minimum Gasteiger partial charge on any atom is -0.507 e. The Morgan fingerprint density at radius 1 is 1.19 bits per heavy atom. The number of aliphatic hydroxyl groups is 1. The van der Waals surface area contributed by atoms with Gasteiger partial charge in [0.2, 0.25) is 0 Å². The highest BCUT2D eigenvalue weighted by Crippen LogP contribution is 2.42. The average Bonchev–Trinajstić information content (AvgIpc) is 3.59. The standard InChI is InChI=1S/C28H29N3O6/c1-3-36-23-15-18(5-7-21(23)32)25-24(26(33)19-6-8-22-20(14-19)13-17(2)37-22)27(34)28(35)31(25)11-4-10-30-12-9-29-16-30/h5-9,12,14-17,25,32-33H,3-4,10-11,13H2,1-2H3/t17-,25-/m1/s1. The number of phenolic OH excluding ortho intramolecular Hbond substituents is 1. The van der Waals surface area contributed by atoms with Crippen molar-refractivity contribution >= 4 is 17.4 Å². The van der Waals surface area contributed by atoms with E-state index in [0.29, 0.717) is 37.1 Å². The van der Waals surface area contributed by atoms with Crippen molar-refractivity contribution in [1.29, 1.82) is 0 Å². The summed E-state index contributed by atoms with van der Waals surface area (Å²) in [5.74, 6) is -0.722. The molecule has 9 heteroatoms. The number of amides is 1. The van der Waals surface area contributed by atoms with Crippen molar-refractivity contribution in [1.82, 2.24) is 14.5 Å². The first-order valence-electron chi connectivity index (χ1n) is 12.4. The van der Waals surface area contributed by atoms with Crippen LogP contribution in [0.2, 0.25) is 0 Å². The van der Waals surface area contributed by atoms with Crippen molar-refractivity contribution in [2.45, 2.75) is 45.4 Å². The normalized spacial score (nSPS) is 20.2. The van der Waals surface area contributed by atoms with Crippen LogP contribution in [-0.2, 0) is 22.6 Å². The van der Waals surface area contributed by atoms with Crippen molar-refractivity contribution in [2.24, 2.45) is 0 Å². The summed E-state index contributed by atoms with van der Waals surface area (Å²) < 4.78 is 13.2. The number of nitrogens with zero attached hydrogens (tertiary/aromatic N) is 3. The van der Waals surface area contributed by atoms with E-state index in [2.05, 4.69) is 4.98 Å². The Balaban J connectivity index is 1.56. The maximum absolute atomic E-state index is 13.3. The van der Waals surface area contributed by atoms with Crippen LogP contribution in [0.5, 0.6) is 17.2 Å². The fraction of sp³-hybridized carbons (Fsp3) is 0.321. The van der Waals surface area contributed by atoms with Gasteiger partial charge >= 0.3 is 0 Å². The molecule has 37 heavy (non-hydrogen) atoms. The molecule has 0 aliphatic carbocycles. The number of aryl methyl sites for hydroxylation is 1. The molecular formula is C28H29N3O6. The second kappa shape index (κ2) is 10.0. The Hall–Kier alpha value is -4.27. The number of benzene rings is 2. The number of fused-ring (bicyclic) bond motifs is 1. The van der Waals surface area contributed by atoms with Gasteiger partial charge in [-0.15, -0.1) is 0 Å². The highest BCUT2D eigenvalue weighted by atomic mass is 16.5. The van der Waals surface area contributed by atoms with E-state index in [1.165, 1.54) is 11.0 Å². The summed E-state index contributed by atoms with van der Waals surface area (Å²) in [7, 11) is 0. The first kappa shape index (κ1) is 24.4. The van der Waals surface area contributed by atoms with E-state index >= 15 is 0 Å². The molecule has 0 radical (unpaired) electrons. The molecule has 0 unspecified atom stereocenters. The highest BCUT2D eigenvalue weighted by molar-refractivity contribution is 6.46. The second-order valence-corrected chi connectivity index (χ2v) is 9.26. The van der Waals surface area contributed by atoms with Crippen LogP contribution < -0.4 is 9.47 Å². The van der Waals surface area contributed by atoms with Gasteiger partial charge in [0.05, 0.1) is 24.5 Å². The summed E-state index contributed by atoms with van der Waals surface area (Å²) >= 11 is 0. The molecule has 2 aliphatic rings. The highest BCUT2D eigenvalue weighted by Gasteiger charge is 2.46. The lowest BCUT2D eigenvalue weighted by molar-refractivity contribution is -0.139. The summed E-state index contributed by atoms with van der Waals surface area (Å²) in [6.07, 6.45) is 6.50. The number of phenols is 1. The molecule has 9 nitrogen and oxygen atoms in total. The van der Waals surface area contributed by atoms with E-state index in [1.807, 2.05) is 17.7 Å². The fourth-order valence-electron chi connectivity index (χ4n) is 5.00. The summed E-state index contributed by atoms with van der Waals surface area (Å²) in [6.45, 7) is 4.99. The molecule has 1 saturated heterocycles. The lowest BCUT2D eigenvalue weighted by atomic mass is 9.94. The van der Waals surface area contributed by atoms with Crippen molar-refractivity contribution in [3.05, 3.63) is 77.4 Å². The molecule has 192 valence electrons. The predicted molar refractivity (Wildman–Crippen MR) is 135 cm³/mol. The van der Waals surface area contributed by atoms with E-state index in [0.717, 1.165) is 11.3 Å². The number of carbonyl (C=O) groups is 2. The van der Waals surface area contributed by atoms with Crippen LogP contribution >= 0.6 is 0 Å². The Kier molecular flexibility index (Phi) is 6.60. The van der Waals surface area contributed by atoms with Gasteiger partial charge < -0.3 is 29.2 Å². The quantitative estimate of drug-likeness (QED) is 0.273. The van der Waals surface area contributed by atoms with Crippen LogP contribution in [-0.4, -0.2) is 55.6 Å². The maximum atomic E-state index is 13.3. The van der Waals surface area contributed by atoms with Gasteiger partial charge in [-0.1, -0.05) is 6.07 Å². The number of hydrogen-bond donors (Lipinski definition) is 2. The Morgan fingerprint density at radius 2 is 2.03 bits per heavy atom. The topological polar surface area (TPSA) is 114 Å². The summed E-state index contributed by atoms with van der Waals surface area (Å²) in [5, 5.41) is 21.6. The monoisotopic (exact) mass is 503 g/mol. The number of likely N-dealkylation sites (tertiary alicyclic amines) is 1. The molecule has 1 fully saturated rings. The fourth-order valence-corrected chi connectivity index (χ4v) is 5.00. The van der Waals surface area contributed by atoms with Gasteiger partial charge in [-0.25, -0.2) is 4.98 Å². The molecule has 1 amide bonds. The van der Waals surface area contributed by atoms with Crippen LogP contribution in [0.1, 0.15) is 43.0 Å². The van der Waals surface area contributed by atoms with Gasteiger partial charge in [-0.2, -0.15) is 0 Å². The van der Waals surface area contributed by atoms with Gasteiger partial charge in [0.15, 0.2) is 11.5 Å². The molecule has 0 spiro atoms. The predicted octanol–water partition coefficient (Wildman–Crippen LogP) is 3.82. The van der Waals surface area contributed by atoms with Gasteiger partial charge in [0.1, 0.15) is 17.6 Å². The van der Waals surface area contributed by atoms with Gasteiger partial charge in [0, 0.05) is 37.5 Å². The average molecular weight is 504 g/mol. The third-order valence-corrected chi connectivity index (χ3v) is 6.68. The molecule has 2 atom stereocenters.